The van der Waals surface area contributed by atoms with Crippen molar-refractivity contribution < 1.29 is 13.2 Å². The second kappa shape index (κ2) is 5.31. The minimum atomic E-state index is -4.38. The molecular formula is C14H17F3N4. The number of hydrogen-bond acceptors (Lipinski definition) is 3. The van der Waals surface area contributed by atoms with Crippen LogP contribution in [-0.2, 0) is 12.7 Å². The lowest BCUT2D eigenvalue weighted by Crippen LogP contribution is -2.09. The number of nitrogens with one attached hydrogen (secondary N) is 1. The van der Waals surface area contributed by atoms with Crippen LogP contribution in [0.2, 0.25) is 0 Å². The standard InChI is InChI=1S/C14H17F3N4/c1-4-21-13(12(18)9(3)20-21)19-10-6-5-8(2)11(7-10)14(15,16)17/h5-7,19H,4,18H2,1-3H3. The first kappa shape index (κ1) is 15.2. The Balaban J connectivity index is 2.41. The van der Waals surface area contributed by atoms with E-state index < -0.39 is 11.7 Å². The summed E-state index contributed by atoms with van der Waals surface area (Å²) in [5, 5.41) is 7.15. The van der Waals surface area contributed by atoms with Gasteiger partial charge in [-0.25, -0.2) is 4.68 Å². The van der Waals surface area contributed by atoms with Gasteiger partial charge in [-0.2, -0.15) is 18.3 Å². The number of aryl methyl sites for hydroxylation is 3. The van der Waals surface area contributed by atoms with E-state index in [1.165, 1.54) is 13.0 Å². The zero-order chi connectivity index (χ0) is 15.8. The molecule has 4 nitrogen and oxygen atoms in total. The van der Waals surface area contributed by atoms with Crippen LogP contribution < -0.4 is 11.1 Å². The normalized spacial score (nSPS) is 11.7. The molecule has 1 aromatic heterocycles. The van der Waals surface area contributed by atoms with Crippen molar-refractivity contribution >= 4 is 17.2 Å². The Bertz CT molecular complexity index is 659. The van der Waals surface area contributed by atoms with Crippen molar-refractivity contribution in [2.75, 3.05) is 11.1 Å². The molecule has 1 heterocycles. The molecule has 0 unspecified atom stereocenters. The van der Waals surface area contributed by atoms with E-state index in [9.17, 15) is 13.2 Å². The van der Waals surface area contributed by atoms with Gasteiger partial charge in [0.15, 0.2) is 5.82 Å². The summed E-state index contributed by atoms with van der Waals surface area (Å²) < 4.78 is 40.4. The lowest BCUT2D eigenvalue weighted by Gasteiger charge is -2.14. The predicted molar refractivity (Wildman–Crippen MR) is 76.5 cm³/mol. The number of nitrogens with two attached hydrogens (primary N) is 1. The van der Waals surface area contributed by atoms with E-state index in [0.29, 0.717) is 29.4 Å². The molecule has 2 rings (SSSR count). The van der Waals surface area contributed by atoms with Gasteiger partial charge < -0.3 is 11.1 Å². The third-order valence-corrected chi connectivity index (χ3v) is 3.28. The molecule has 0 radical (unpaired) electrons. The maximum atomic E-state index is 12.9. The molecule has 3 N–H and O–H groups in total. The molecule has 21 heavy (non-hydrogen) atoms. The van der Waals surface area contributed by atoms with Gasteiger partial charge in [0.2, 0.25) is 0 Å². The van der Waals surface area contributed by atoms with E-state index in [1.807, 2.05) is 6.92 Å². The summed E-state index contributed by atoms with van der Waals surface area (Å²) in [6.45, 7) is 5.63. The van der Waals surface area contributed by atoms with Crippen molar-refractivity contribution in [3.63, 3.8) is 0 Å². The summed E-state index contributed by atoms with van der Waals surface area (Å²) in [5.74, 6) is 0.506. The molecule has 0 saturated carbocycles. The van der Waals surface area contributed by atoms with E-state index in [4.69, 9.17) is 5.73 Å². The largest absolute Gasteiger partial charge is 0.416 e. The summed E-state index contributed by atoms with van der Waals surface area (Å²) in [4.78, 5) is 0. The highest BCUT2D eigenvalue weighted by Crippen LogP contribution is 2.35. The molecule has 0 atom stereocenters. The van der Waals surface area contributed by atoms with Crippen LogP contribution in [0.1, 0.15) is 23.7 Å². The quantitative estimate of drug-likeness (QED) is 0.904. The van der Waals surface area contributed by atoms with Crippen molar-refractivity contribution in [2.45, 2.75) is 33.5 Å². The summed E-state index contributed by atoms with van der Waals surface area (Å²) in [5.41, 5.74) is 6.84. The SMILES string of the molecule is CCn1nc(C)c(N)c1Nc1ccc(C)c(C(F)(F)F)c1. The molecule has 0 aliphatic heterocycles. The van der Waals surface area contributed by atoms with Crippen molar-refractivity contribution in [1.29, 1.82) is 0 Å². The molecule has 0 fully saturated rings. The van der Waals surface area contributed by atoms with Crippen LogP contribution in [0.15, 0.2) is 18.2 Å². The van der Waals surface area contributed by atoms with Gasteiger partial charge in [-0.15, -0.1) is 0 Å². The van der Waals surface area contributed by atoms with E-state index in [0.717, 1.165) is 6.07 Å². The lowest BCUT2D eigenvalue weighted by atomic mass is 10.1. The molecule has 0 bridgehead atoms. The monoisotopic (exact) mass is 298 g/mol. The highest BCUT2D eigenvalue weighted by atomic mass is 19.4. The van der Waals surface area contributed by atoms with E-state index in [1.54, 1.807) is 17.7 Å². The van der Waals surface area contributed by atoms with Crippen LogP contribution in [0, 0.1) is 13.8 Å². The second-order valence-corrected chi connectivity index (χ2v) is 4.82. The fourth-order valence-electron chi connectivity index (χ4n) is 2.10. The Morgan fingerprint density at radius 1 is 1.29 bits per heavy atom. The number of halogens is 3. The number of anilines is 3. The summed E-state index contributed by atoms with van der Waals surface area (Å²) in [7, 11) is 0. The molecule has 7 heteroatoms. The van der Waals surface area contributed by atoms with Crippen LogP contribution in [0.3, 0.4) is 0 Å². The lowest BCUT2D eigenvalue weighted by molar-refractivity contribution is -0.138. The zero-order valence-corrected chi connectivity index (χ0v) is 12.0. The van der Waals surface area contributed by atoms with Gasteiger partial charge in [0, 0.05) is 12.2 Å². The summed E-state index contributed by atoms with van der Waals surface area (Å²) in [6, 6.07) is 4.10. The number of benzene rings is 1. The Hall–Kier alpha value is -2.18. The fourth-order valence-corrected chi connectivity index (χ4v) is 2.10. The summed E-state index contributed by atoms with van der Waals surface area (Å²) in [6.07, 6.45) is -4.38. The minimum absolute atomic E-state index is 0.182. The molecule has 0 aliphatic rings. The highest BCUT2D eigenvalue weighted by molar-refractivity contribution is 5.71. The van der Waals surface area contributed by atoms with Crippen LogP contribution in [0.25, 0.3) is 0 Å². The zero-order valence-electron chi connectivity index (χ0n) is 12.0. The van der Waals surface area contributed by atoms with Crippen molar-refractivity contribution in [3.8, 4) is 0 Å². The van der Waals surface area contributed by atoms with E-state index in [-0.39, 0.29) is 5.56 Å². The van der Waals surface area contributed by atoms with Gasteiger partial charge in [-0.3, -0.25) is 0 Å². The first-order valence-corrected chi connectivity index (χ1v) is 6.51. The second-order valence-electron chi connectivity index (χ2n) is 4.82. The Kier molecular flexibility index (Phi) is 3.85. The molecular weight excluding hydrogens is 281 g/mol. The van der Waals surface area contributed by atoms with Crippen molar-refractivity contribution in [1.82, 2.24) is 9.78 Å². The Morgan fingerprint density at radius 2 is 1.95 bits per heavy atom. The van der Waals surface area contributed by atoms with E-state index >= 15 is 0 Å². The van der Waals surface area contributed by atoms with Crippen LogP contribution >= 0.6 is 0 Å². The average Bonchev–Trinajstić information content (AvgIpc) is 2.67. The Morgan fingerprint density at radius 3 is 2.52 bits per heavy atom. The molecule has 0 aliphatic carbocycles. The maximum Gasteiger partial charge on any atom is 0.416 e. The number of nitrogen functional groups attached to an aromatic ring is 1. The van der Waals surface area contributed by atoms with Gasteiger partial charge >= 0.3 is 6.18 Å². The fraction of sp³-hybridized carbons (Fsp3) is 0.357. The van der Waals surface area contributed by atoms with Crippen LogP contribution in [-0.4, -0.2) is 9.78 Å². The van der Waals surface area contributed by atoms with Gasteiger partial charge in [-0.1, -0.05) is 6.07 Å². The third kappa shape index (κ3) is 2.96. The van der Waals surface area contributed by atoms with Crippen LogP contribution in [0.4, 0.5) is 30.4 Å². The highest BCUT2D eigenvalue weighted by Gasteiger charge is 2.32. The number of rotatable bonds is 3. The first-order chi connectivity index (χ1) is 9.74. The number of hydrogen-bond donors (Lipinski definition) is 2. The van der Waals surface area contributed by atoms with Crippen LogP contribution in [0.5, 0.6) is 0 Å². The molecule has 0 spiro atoms. The number of nitrogens with zero attached hydrogens (tertiary/aromatic N) is 2. The predicted octanol–water partition coefficient (Wildman–Crippen LogP) is 3.86. The third-order valence-electron chi connectivity index (χ3n) is 3.28. The van der Waals surface area contributed by atoms with Gasteiger partial charge in [0.25, 0.3) is 0 Å². The smallest absolute Gasteiger partial charge is 0.394 e. The molecule has 1 aromatic carbocycles. The van der Waals surface area contributed by atoms with E-state index in [2.05, 4.69) is 10.4 Å². The van der Waals surface area contributed by atoms with Gasteiger partial charge in [0.05, 0.1) is 16.9 Å². The maximum absolute atomic E-state index is 12.9. The topological polar surface area (TPSA) is 55.9 Å². The number of alkyl halides is 3. The van der Waals surface area contributed by atoms with Gasteiger partial charge in [-0.05, 0) is 38.5 Å². The molecule has 2 aromatic rings. The Labute approximate surface area is 120 Å². The molecule has 0 saturated heterocycles. The van der Waals surface area contributed by atoms with Crippen molar-refractivity contribution in [3.05, 3.63) is 35.0 Å². The molecule has 114 valence electrons. The van der Waals surface area contributed by atoms with Gasteiger partial charge in [0.1, 0.15) is 0 Å². The molecule has 0 amide bonds. The van der Waals surface area contributed by atoms with Crippen molar-refractivity contribution in [2.24, 2.45) is 0 Å². The summed E-state index contributed by atoms with van der Waals surface area (Å²) >= 11 is 0. The first-order valence-electron chi connectivity index (χ1n) is 6.51. The average molecular weight is 298 g/mol. The number of aromatic nitrogens is 2. The minimum Gasteiger partial charge on any atom is -0.394 e.